The summed E-state index contributed by atoms with van der Waals surface area (Å²) in [4.78, 5) is 52.8. The van der Waals surface area contributed by atoms with Gasteiger partial charge in [-0.25, -0.2) is 4.79 Å². The second-order valence-corrected chi connectivity index (χ2v) is 10.1. The molecule has 0 aromatic heterocycles. The number of carbonyl (C=O) groups is 4. The Morgan fingerprint density at radius 2 is 1.64 bits per heavy atom. The number of ether oxygens (including phenoxy) is 2. The third kappa shape index (κ3) is 10.7. The Balaban J connectivity index is 3.25. The van der Waals surface area contributed by atoms with Crippen molar-refractivity contribution in [2.75, 3.05) is 19.7 Å². The van der Waals surface area contributed by atoms with E-state index >= 15 is 0 Å². The van der Waals surface area contributed by atoms with Crippen LogP contribution < -0.4 is 10.6 Å². The molecule has 0 heterocycles. The first-order chi connectivity index (χ1) is 16.8. The molecule has 202 valence electrons. The van der Waals surface area contributed by atoms with Crippen molar-refractivity contribution in [1.29, 1.82) is 0 Å². The lowest BCUT2D eigenvalue weighted by Gasteiger charge is -2.34. The van der Waals surface area contributed by atoms with E-state index in [4.69, 9.17) is 9.47 Å². The predicted octanol–water partition coefficient (Wildman–Crippen LogP) is 3.89. The van der Waals surface area contributed by atoms with Gasteiger partial charge in [0.05, 0.1) is 13.0 Å². The van der Waals surface area contributed by atoms with Crippen LogP contribution in [-0.4, -0.2) is 60.1 Å². The largest absolute Gasteiger partial charge is 0.466 e. The van der Waals surface area contributed by atoms with Crippen LogP contribution in [0.2, 0.25) is 0 Å². The highest BCUT2D eigenvalue weighted by atomic mass is 16.6. The zero-order valence-electron chi connectivity index (χ0n) is 23.0. The number of nitrogens with one attached hydrogen (secondary N) is 2. The normalized spacial score (nSPS) is 12.9. The Hall–Kier alpha value is -3.10. The van der Waals surface area contributed by atoms with Crippen molar-refractivity contribution in [1.82, 2.24) is 15.5 Å². The second-order valence-electron chi connectivity index (χ2n) is 10.1. The lowest BCUT2D eigenvalue weighted by Crippen LogP contribution is -2.53. The molecular formula is C27H43N3O6. The molecule has 2 N–H and O–H groups in total. The summed E-state index contributed by atoms with van der Waals surface area (Å²) in [6.07, 6.45) is -0.292. The Morgan fingerprint density at radius 1 is 1.03 bits per heavy atom. The number of likely N-dealkylation sites (N-methyl/N-ethyl adjacent to an activating group) is 1. The molecule has 0 fully saturated rings. The highest BCUT2D eigenvalue weighted by molar-refractivity contribution is 5.92. The van der Waals surface area contributed by atoms with E-state index in [-0.39, 0.29) is 37.9 Å². The van der Waals surface area contributed by atoms with Gasteiger partial charge in [-0.2, -0.15) is 0 Å². The summed E-state index contributed by atoms with van der Waals surface area (Å²) in [7, 11) is 0. The van der Waals surface area contributed by atoms with Crippen LogP contribution in [0.4, 0.5) is 4.79 Å². The predicted molar refractivity (Wildman–Crippen MR) is 138 cm³/mol. The highest BCUT2D eigenvalue weighted by Crippen LogP contribution is 2.24. The molecule has 0 aliphatic heterocycles. The molecule has 0 bridgehead atoms. The number of hydrogen-bond donors (Lipinski definition) is 2. The molecular weight excluding hydrogens is 462 g/mol. The van der Waals surface area contributed by atoms with Crippen LogP contribution in [0.25, 0.3) is 0 Å². The summed E-state index contributed by atoms with van der Waals surface area (Å²) in [6.45, 7) is 15.2. The third-order valence-corrected chi connectivity index (χ3v) is 5.21. The van der Waals surface area contributed by atoms with Gasteiger partial charge in [-0.1, -0.05) is 43.7 Å². The van der Waals surface area contributed by atoms with E-state index in [1.807, 2.05) is 32.9 Å². The maximum Gasteiger partial charge on any atom is 0.408 e. The van der Waals surface area contributed by atoms with Crippen LogP contribution in [0, 0.1) is 12.8 Å². The van der Waals surface area contributed by atoms with Crippen LogP contribution in [-0.2, 0) is 23.9 Å². The van der Waals surface area contributed by atoms with Crippen molar-refractivity contribution >= 4 is 23.9 Å². The third-order valence-electron chi connectivity index (χ3n) is 5.21. The summed E-state index contributed by atoms with van der Waals surface area (Å²) in [5.41, 5.74) is 0.923. The van der Waals surface area contributed by atoms with Crippen molar-refractivity contribution in [3.8, 4) is 0 Å². The van der Waals surface area contributed by atoms with Crippen molar-refractivity contribution in [3.05, 3.63) is 35.4 Å². The van der Waals surface area contributed by atoms with Gasteiger partial charge in [0.2, 0.25) is 11.8 Å². The summed E-state index contributed by atoms with van der Waals surface area (Å²) in [6, 6.07) is 5.54. The van der Waals surface area contributed by atoms with Crippen LogP contribution in [0.15, 0.2) is 24.3 Å². The van der Waals surface area contributed by atoms with Crippen LogP contribution >= 0.6 is 0 Å². The number of carbonyl (C=O) groups excluding carboxylic acids is 4. The zero-order chi connectivity index (χ0) is 27.5. The summed E-state index contributed by atoms with van der Waals surface area (Å²) >= 11 is 0. The number of esters is 1. The molecule has 1 aromatic carbocycles. The first-order valence-corrected chi connectivity index (χ1v) is 12.6. The minimum absolute atomic E-state index is 0.0242. The number of rotatable bonds is 12. The summed E-state index contributed by atoms with van der Waals surface area (Å²) < 4.78 is 10.3. The van der Waals surface area contributed by atoms with Crippen molar-refractivity contribution in [2.24, 2.45) is 5.92 Å². The lowest BCUT2D eigenvalue weighted by molar-refractivity contribution is -0.144. The molecule has 9 nitrogen and oxygen atoms in total. The molecule has 0 spiro atoms. The van der Waals surface area contributed by atoms with Crippen LogP contribution in [0.3, 0.4) is 0 Å². The minimum Gasteiger partial charge on any atom is -0.466 e. The van der Waals surface area contributed by atoms with Crippen LogP contribution in [0.5, 0.6) is 0 Å². The monoisotopic (exact) mass is 505 g/mol. The molecule has 2 atom stereocenters. The molecule has 3 amide bonds. The number of nitrogens with zero attached hydrogens (tertiary/aromatic N) is 1. The van der Waals surface area contributed by atoms with Crippen molar-refractivity contribution in [2.45, 2.75) is 85.9 Å². The highest BCUT2D eigenvalue weighted by Gasteiger charge is 2.35. The fourth-order valence-corrected chi connectivity index (χ4v) is 3.65. The van der Waals surface area contributed by atoms with Gasteiger partial charge in [-0.15, -0.1) is 0 Å². The van der Waals surface area contributed by atoms with Gasteiger partial charge in [-0.05, 0) is 59.4 Å². The molecule has 0 saturated heterocycles. The molecule has 2 unspecified atom stereocenters. The SMILES string of the molecule is CCOC(=O)CCNC(=O)C(c1ccc(C)cc1)N(CC)C(=O)C(CC(C)C)NC(=O)OC(C)(C)C. The smallest absolute Gasteiger partial charge is 0.408 e. The zero-order valence-corrected chi connectivity index (χ0v) is 23.0. The van der Waals surface area contributed by atoms with Gasteiger partial charge in [0.1, 0.15) is 17.7 Å². The molecule has 1 rings (SSSR count). The summed E-state index contributed by atoms with van der Waals surface area (Å²) in [5, 5.41) is 5.46. The second kappa shape index (κ2) is 14.5. The Bertz CT molecular complexity index is 876. The summed E-state index contributed by atoms with van der Waals surface area (Å²) in [5.74, 6) is -1.11. The maximum atomic E-state index is 13.8. The number of amides is 3. The van der Waals surface area contributed by atoms with Crippen molar-refractivity contribution in [3.63, 3.8) is 0 Å². The van der Waals surface area contributed by atoms with Gasteiger partial charge in [0, 0.05) is 13.1 Å². The van der Waals surface area contributed by atoms with E-state index in [1.54, 1.807) is 46.8 Å². The number of aryl methyl sites for hydroxylation is 1. The fourth-order valence-electron chi connectivity index (χ4n) is 3.65. The first kappa shape index (κ1) is 30.9. The number of benzene rings is 1. The standard InChI is InChI=1S/C27H43N3O6/c1-9-30(25(33)21(17-18(3)4)29-26(34)36-27(6,7)8)23(20-13-11-19(5)12-14-20)24(32)28-16-15-22(31)35-10-2/h11-14,18,21,23H,9-10,15-17H2,1-8H3,(H,28,32)(H,29,34). The van der Waals surface area contributed by atoms with Gasteiger partial charge >= 0.3 is 12.1 Å². The minimum atomic E-state index is -0.944. The Kier molecular flexibility index (Phi) is 12.4. The first-order valence-electron chi connectivity index (χ1n) is 12.6. The van der Waals surface area contributed by atoms with Crippen molar-refractivity contribution < 1.29 is 28.7 Å². The molecule has 9 heteroatoms. The van der Waals surface area contributed by atoms with E-state index < -0.39 is 35.7 Å². The molecule has 36 heavy (non-hydrogen) atoms. The average Bonchev–Trinajstić information content (AvgIpc) is 2.75. The molecule has 0 aliphatic rings. The number of alkyl carbamates (subject to hydrolysis) is 1. The topological polar surface area (TPSA) is 114 Å². The fraction of sp³-hybridized carbons (Fsp3) is 0.630. The van der Waals surface area contributed by atoms with Gasteiger partial charge < -0.3 is 25.0 Å². The molecule has 0 saturated carbocycles. The van der Waals surface area contributed by atoms with Crippen LogP contribution in [0.1, 0.15) is 78.5 Å². The van der Waals surface area contributed by atoms with Gasteiger partial charge in [-0.3, -0.25) is 14.4 Å². The van der Waals surface area contributed by atoms with E-state index in [9.17, 15) is 19.2 Å². The molecule has 0 aliphatic carbocycles. The molecule has 0 radical (unpaired) electrons. The van der Waals surface area contributed by atoms with E-state index in [0.29, 0.717) is 12.0 Å². The average molecular weight is 506 g/mol. The maximum absolute atomic E-state index is 13.8. The Labute approximate surface area is 215 Å². The molecule has 1 aromatic rings. The van der Waals surface area contributed by atoms with Gasteiger partial charge in [0.15, 0.2) is 0 Å². The van der Waals surface area contributed by atoms with E-state index in [0.717, 1.165) is 5.56 Å². The van der Waals surface area contributed by atoms with E-state index in [1.165, 1.54) is 4.90 Å². The lowest BCUT2D eigenvalue weighted by atomic mass is 9.98. The Morgan fingerprint density at radius 3 is 2.14 bits per heavy atom. The van der Waals surface area contributed by atoms with Gasteiger partial charge in [0.25, 0.3) is 0 Å². The van der Waals surface area contributed by atoms with E-state index in [2.05, 4.69) is 10.6 Å². The number of hydrogen-bond acceptors (Lipinski definition) is 6. The quantitative estimate of drug-likeness (QED) is 0.417.